The summed E-state index contributed by atoms with van der Waals surface area (Å²) in [6.07, 6.45) is 4.02. The van der Waals surface area contributed by atoms with Gasteiger partial charge in [-0.25, -0.2) is 0 Å². The Morgan fingerprint density at radius 2 is 1.97 bits per heavy atom. The molecule has 0 amide bonds. The molecule has 2 heterocycles. The van der Waals surface area contributed by atoms with Gasteiger partial charge in [-0.1, -0.05) is 35.8 Å². The second-order valence-electron chi connectivity index (χ2n) is 7.80. The molecule has 1 aromatic heterocycles. The van der Waals surface area contributed by atoms with Crippen molar-refractivity contribution in [2.45, 2.75) is 45.2 Å². The highest BCUT2D eigenvalue weighted by atomic mass is 16.5. The number of likely N-dealkylation sites (tertiary alicyclic amines) is 1. The Labute approximate surface area is 177 Å². The molecule has 30 heavy (non-hydrogen) atoms. The quantitative estimate of drug-likeness (QED) is 0.538. The molecule has 0 aliphatic carbocycles. The predicted octanol–water partition coefficient (Wildman–Crippen LogP) is 4.74. The van der Waals surface area contributed by atoms with E-state index in [1.54, 1.807) is 7.11 Å². The zero-order chi connectivity index (χ0) is 20.8. The molecular formula is C24H29N3O3. The molecule has 3 aromatic rings. The zero-order valence-electron chi connectivity index (χ0n) is 17.7. The second kappa shape index (κ2) is 9.76. The van der Waals surface area contributed by atoms with E-state index in [1.165, 1.54) is 24.0 Å². The van der Waals surface area contributed by atoms with Crippen molar-refractivity contribution in [2.24, 2.45) is 0 Å². The molecule has 1 aliphatic rings. The Kier molecular flexibility index (Phi) is 6.64. The van der Waals surface area contributed by atoms with Crippen molar-refractivity contribution in [2.75, 3.05) is 20.3 Å². The SMILES string of the molecule is COc1cccc(CN2CCCCC2c2nc(CCOc3cccc(C)c3)no2)c1. The molecular weight excluding hydrogens is 378 g/mol. The van der Waals surface area contributed by atoms with Gasteiger partial charge in [0.1, 0.15) is 11.5 Å². The number of piperidine rings is 1. The number of rotatable bonds is 8. The van der Waals surface area contributed by atoms with Crippen LogP contribution in [0.2, 0.25) is 0 Å². The van der Waals surface area contributed by atoms with Crippen molar-refractivity contribution in [3.05, 3.63) is 71.4 Å². The van der Waals surface area contributed by atoms with E-state index in [4.69, 9.17) is 14.0 Å². The molecule has 0 radical (unpaired) electrons. The first-order chi connectivity index (χ1) is 14.7. The summed E-state index contributed by atoms with van der Waals surface area (Å²) in [5.74, 6) is 3.16. The Morgan fingerprint density at radius 1 is 1.10 bits per heavy atom. The van der Waals surface area contributed by atoms with E-state index in [0.29, 0.717) is 24.7 Å². The highest BCUT2D eigenvalue weighted by Crippen LogP contribution is 2.31. The van der Waals surface area contributed by atoms with Crippen LogP contribution in [0.4, 0.5) is 0 Å². The summed E-state index contributed by atoms with van der Waals surface area (Å²) in [4.78, 5) is 7.11. The lowest BCUT2D eigenvalue weighted by Gasteiger charge is -2.33. The summed E-state index contributed by atoms with van der Waals surface area (Å²) in [5, 5.41) is 4.20. The van der Waals surface area contributed by atoms with E-state index in [0.717, 1.165) is 31.0 Å². The summed E-state index contributed by atoms with van der Waals surface area (Å²) >= 11 is 0. The van der Waals surface area contributed by atoms with Gasteiger partial charge in [-0.3, -0.25) is 4.90 Å². The van der Waals surface area contributed by atoms with Gasteiger partial charge in [0.2, 0.25) is 5.89 Å². The van der Waals surface area contributed by atoms with Crippen molar-refractivity contribution in [1.82, 2.24) is 15.0 Å². The van der Waals surface area contributed by atoms with Crippen molar-refractivity contribution in [3.8, 4) is 11.5 Å². The van der Waals surface area contributed by atoms with Crippen LogP contribution >= 0.6 is 0 Å². The minimum absolute atomic E-state index is 0.156. The third kappa shape index (κ3) is 5.19. The Hall–Kier alpha value is -2.86. The normalized spacial score (nSPS) is 17.1. The third-order valence-corrected chi connectivity index (χ3v) is 5.49. The van der Waals surface area contributed by atoms with E-state index in [2.05, 4.69) is 40.2 Å². The number of aromatic nitrogens is 2. The minimum Gasteiger partial charge on any atom is -0.497 e. The number of methoxy groups -OCH3 is 1. The molecule has 1 fully saturated rings. The molecule has 2 aromatic carbocycles. The summed E-state index contributed by atoms with van der Waals surface area (Å²) < 4.78 is 16.8. The van der Waals surface area contributed by atoms with Crippen molar-refractivity contribution in [1.29, 1.82) is 0 Å². The van der Waals surface area contributed by atoms with E-state index in [1.807, 2.05) is 30.3 Å². The molecule has 0 N–H and O–H groups in total. The topological polar surface area (TPSA) is 60.6 Å². The molecule has 1 atom stereocenters. The number of hydrogen-bond donors (Lipinski definition) is 0. The van der Waals surface area contributed by atoms with Gasteiger partial charge in [-0.05, 0) is 61.7 Å². The Balaban J connectivity index is 1.37. The predicted molar refractivity (Wildman–Crippen MR) is 115 cm³/mol. The summed E-state index contributed by atoms with van der Waals surface area (Å²) in [6, 6.07) is 16.4. The fourth-order valence-electron chi connectivity index (χ4n) is 3.93. The number of ether oxygens (including phenoxy) is 2. The standard InChI is InChI=1S/C24H29N3O3/c1-18-7-5-10-21(15-18)29-14-12-23-25-24(30-26-23)22-11-3-4-13-27(22)17-19-8-6-9-20(16-19)28-2/h5-10,15-16,22H,3-4,11-14,17H2,1-2H3. The van der Waals surface area contributed by atoms with Gasteiger partial charge in [0.05, 0.1) is 19.8 Å². The second-order valence-corrected chi connectivity index (χ2v) is 7.80. The highest BCUT2D eigenvalue weighted by molar-refractivity contribution is 5.29. The van der Waals surface area contributed by atoms with Crippen LogP contribution in [0, 0.1) is 6.92 Å². The average Bonchev–Trinajstić information content (AvgIpc) is 3.23. The maximum atomic E-state index is 5.82. The van der Waals surface area contributed by atoms with Gasteiger partial charge in [0, 0.05) is 13.0 Å². The van der Waals surface area contributed by atoms with Crippen LogP contribution in [-0.2, 0) is 13.0 Å². The first kappa shape index (κ1) is 20.4. The third-order valence-electron chi connectivity index (χ3n) is 5.49. The summed E-state index contributed by atoms with van der Waals surface area (Å²) in [6.45, 7) is 4.45. The number of hydrogen-bond acceptors (Lipinski definition) is 6. The molecule has 0 spiro atoms. The van der Waals surface area contributed by atoms with Gasteiger partial charge in [0.15, 0.2) is 5.82 Å². The molecule has 6 heteroatoms. The molecule has 6 nitrogen and oxygen atoms in total. The van der Waals surface area contributed by atoms with Crippen LogP contribution in [0.1, 0.15) is 48.1 Å². The summed E-state index contributed by atoms with van der Waals surface area (Å²) in [5.41, 5.74) is 2.41. The van der Waals surface area contributed by atoms with Gasteiger partial charge in [-0.15, -0.1) is 0 Å². The van der Waals surface area contributed by atoms with Crippen molar-refractivity contribution < 1.29 is 14.0 Å². The van der Waals surface area contributed by atoms with Gasteiger partial charge in [0.25, 0.3) is 0 Å². The lowest BCUT2D eigenvalue weighted by Crippen LogP contribution is -2.33. The summed E-state index contributed by atoms with van der Waals surface area (Å²) in [7, 11) is 1.70. The zero-order valence-corrected chi connectivity index (χ0v) is 17.7. The van der Waals surface area contributed by atoms with E-state index in [9.17, 15) is 0 Å². The lowest BCUT2D eigenvalue weighted by molar-refractivity contribution is 0.111. The lowest BCUT2D eigenvalue weighted by atomic mass is 10.0. The van der Waals surface area contributed by atoms with Crippen LogP contribution < -0.4 is 9.47 Å². The fraction of sp³-hybridized carbons (Fsp3) is 0.417. The average molecular weight is 408 g/mol. The van der Waals surface area contributed by atoms with Crippen LogP contribution in [0.25, 0.3) is 0 Å². The van der Waals surface area contributed by atoms with Crippen molar-refractivity contribution in [3.63, 3.8) is 0 Å². The molecule has 0 saturated carbocycles. The Bertz CT molecular complexity index is 956. The smallest absolute Gasteiger partial charge is 0.244 e. The van der Waals surface area contributed by atoms with E-state index < -0.39 is 0 Å². The fourth-order valence-corrected chi connectivity index (χ4v) is 3.93. The maximum Gasteiger partial charge on any atom is 0.244 e. The van der Waals surface area contributed by atoms with Gasteiger partial charge < -0.3 is 14.0 Å². The number of benzene rings is 2. The van der Waals surface area contributed by atoms with Gasteiger partial charge in [-0.2, -0.15) is 4.98 Å². The molecule has 0 bridgehead atoms. The van der Waals surface area contributed by atoms with Crippen LogP contribution in [0.3, 0.4) is 0 Å². The monoisotopic (exact) mass is 407 g/mol. The molecule has 1 unspecified atom stereocenters. The van der Waals surface area contributed by atoms with Crippen molar-refractivity contribution >= 4 is 0 Å². The van der Waals surface area contributed by atoms with E-state index >= 15 is 0 Å². The van der Waals surface area contributed by atoms with Crippen LogP contribution in [-0.4, -0.2) is 35.3 Å². The van der Waals surface area contributed by atoms with Crippen LogP contribution in [0.15, 0.2) is 53.1 Å². The van der Waals surface area contributed by atoms with Crippen LogP contribution in [0.5, 0.6) is 11.5 Å². The van der Waals surface area contributed by atoms with Gasteiger partial charge >= 0.3 is 0 Å². The molecule has 4 rings (SSSR count). The Morgan fingerprint density at radius 3 is 2.83 bits per heavy atom. The highest BCUT2D eigenvalue weighted by Gasteiger charge is 2.28. The van der Waals surface area contributed by atoms with E-state index in [-0.39, 0.29) is 6.04 Å². The molecule has 1 saturated heterocycles. The largest absolute Gasteiger partial charge is 0.497 e. The molecule has 1 aliphatic heterocycles. The number of nitrogens with zero attached hydrogens (tertiary/aromatic N) is 3. The minimum atomic E-state index is 0.156. The first-order valence-electron chi connectivity index (χ1n) is 10.6. The molecule has 158 valence electrons. The first-order valence-corrected chi connectivity index (χ1v) is 10.6. The number of aryl methyl sites for hydroxylation is 1. The maximum absolute atomic E-state index is 5.82.